The molecular weight excluding hydrogens is 314 g/mol. The molecule has 2 heterocycles. The zero-order valence-corrected chi connectivity index (χ0v) is 15.3. The number of aromatic nitrogens is 2. The monoisotopic (exact) mass is 339 g/mol. The molecule has 6 nitrogen and oxygen atoms in total. The summed E-state index contributed by atoms with van der Waals surface area (Å²) in [5.41, 5.74) is 1.08. The highest BCUT2D eigenvalue weighted by Crippen LogP contribution is 2.21. The summed E-state index contributed by atoms with van der Waals surface area (Å²) in [4.78, 5) is 22.4. The summed E-state index contributed by atoms with van der Waals surface area (Å²) in [6.45, 7) is 10.3. The highest BCUT2D eigenvalue weighted by Gasteiger charge is 2.31. The van der Waals surface area contributed by atoms with E-state index >= 15 is 0 Å². The lowest BCUT2D eigenvalue weighted by Gasteiger charge is -2.33. The minimum Gasteiger partial charge on any atom is -0.444 e. The number of carbonyl (C=O) groups excluding carboxylic acids is 1. The maximum absolute atomic E-state index is 12.8. The lowest BCUT2D eigenvalue weighted by atomic mass is 10.1. The Morgan fingerprint density at radius 2 is 1.91 bits per heavy atom. The maximum Gasteiger partial charge on any atom is 0.410 e. The normalized spacial score (nSPS) is 20.2. The standard InChI is InChI=1S/C16H25N3O3S/c1-11-9-12(2)18-14(17-11)23(21)13-7-6-8-19(10-13)15(20)22-16(3,4)5/h9,13H,6-8,10H2,1-5H3/t13-,23-/m0/s1. The van der Waals surface area contributed by atoms with E-state index < -0.39 is 16.4 Å². The molecule has 128 valence electrons. The zero-order valence-electron chi connectivity index (χ0n) is 14.5. The predicted molar refractivity (Wildman–Crippen MR) is 88.7 cm³/mol. The first kappa shape index (κ1) is 17.8. The topological polar surface area (TPSA) is 72.4 Å². The molecule has 2 rings (SSSR count). The number of nitrogens with zero attached hydrogens (tertiary/aromatic N) is 3. The van der Waals surface area contributed by atoms with Crippen molar-refractivity contribution in [3.8, 4) is 0 Å². The first-order valence-corrected chi connectivity index (χ1v) is 9.08. The fourth-order valence-corrected chi connectivity index (χ4v) is 4.00. The maximum atomic E-state index is 12.8. The Hall–Kier alpha value is -1.50. The summed E-state index contributed by atoms with van der Waals surface area (Å²) in [6, 6.07) is 1.86. The van der Waals surface area contributed by atoms with Crippen LogP contribution in [0.2, 0.25) is 0 Å². The second-order valence-electron chi connectivity index (χ2n) is 6.92. The summed E-state index contributed by atoms with van der Waals surface area (Å²) < 4.78 is 18.2. The lowest BCUT2D eigenvalue weighted by molar-refractivity contribution is 0.0219. The largest absolute Gasteiger partial charge is 0.444 e. The number of hydrogen-bond acceptors (Lipinski definition) is 5. The van der Waals surface area contributed by atoms with Crippen LogP contribution in [0.15, 0.2) is 11.2 Å². The van der Waals surface area contributed by atoms with E-state index in [1.165, 1.54) is 0 Å². The summed E-state index contributed by atoms with van der Waals surface area (Å²) in [6.07, 6.45) is 1.25. The van der Waals surface area contributed by atoms with Gasteiger partial charge in [-0.3, -0.25) is 4.21 Å². The molecule has 2 atom stereocenters. The van der Waals surface area contributed by atoms with Gasteiger partial charge < -0.3 is 9.64 Å². The van der Waals surface area contributed by atoms with E-state index in [-0.39, 0.29) is 11.3 Å². The van der Waals surface area contributed by atoms with Crippen LogP contribution in [0.3, 0.4) is 0 Å². The minimum atomic E-state index is -1.32. The van der Waals surface area contributed by atoms with Gasteiger partial charge in [0.1, 0.15) is 5.60 Å². The molecule has 1 aromatic heterocycles. The van der Waals surface area contributed by atoms with Crippen LogP contribution in [-0.4, -0.2) is 49.1 Å². The Kier molecular flexibility index (Phi) is 5.39. The Morgan fingerprint density at radius 1 is 1.30 bits per heavy atom. The Balaban J connectivity index is 2.08. The van der Waals surface area contributed by atoms with E-state index in [2.05, 4.69) is 9.97 Å². The van der Waals surface area contributed by atoms with Crippen molar-refractivity contribution in [1.82, 2.24) is 14.9 Å². The van der Waals surface area contributed by atoms with Gasteiger partial charge in [-0.1, -0.05) is 0 Å². The van der Waals surface area contributed by atoms with E-state index in [9.17, 15) is 9.00 Å². The van der Waals surface area contributed by atoms with Gasteiger partial charge >= 0.3 is 6.09 Å². The van der Waals surface area contributed by atoms with Gasteiger partial charge in [0, 0.05) is 24.5 Å². The van der Waals surface area contributed by atoms with Crippen molar-refractivity contribution in [2.45, 2.75) is 63.5 Å². The third-order valence-electron chi connectivity index (χ3n) is 3.47. The average Bonchev–Trinajstić information content (AvgIpc) is 2.44. The minimum absolute atomic E-state index is 0.155. The van der Waals surface area contributed by atoms with Crippen LogP contribution in [0, 0.1) is 13.8 Å². The van der Waals surface area contributed by atoms with Gasteiger partial charge in [0.15, 0.2) is 0 Å². The first-order chi connectivity index (χ1) is 10.7. The summed E-state index contributed by atoms with van der Waals surface area (Å²) in [5, 5.41) is 0.205. The van der Waals surface area contributed by atoms with Crippen LogP contribution >= 0.6 is 0 Å². The molecule has 23 heavy (non-hydrogen) atoms. The van der Waals surface area contributed by atoms with Crippen LogP contribution in [0.4, 0.5) is 4.79 Å². The van der Waals surface area contributed by atoms with E-state index in [4.69, 9.17) is 4.74 Å². The number of aryl methyl sites for hydroxylation is 2. The first-order valence-electron chi connectivity index (χ1n) is 7.86. The van der Waals surface area contributed by atoms with Crippen LogP contribution < -0.4 is 0 Å². The van der Waals surface area contributed by atoms with E-state index in [1.54, 1.807) is 4.90 Å². The van der Waals surface area contributed by atoms with Crippen molar-refractivity contribution < 1.29 is 13.7 Å². The molecule has 0 N–H and O–H groups in total. The van der Waals surface area contributed by atoms with E-state index in [1.807, 2.05) is 40.7 Å². The molecule has 0 aliphatic carbocycles. The molecule has 1 saturated heterocycles. The second kappa shape index (κ2) is 6.95. The van der Waals surface area contributed by atoms with Gasteiger partial charge in [-0.05, 0) is 53.5 Å². The molecule has 0 bridgehead atoms. The Morgan fingerprint density at radius 3 is 2.48 bits per heavy atom. The van der Waals surface area contributed by atoms with Gasteiger partial charge in [0.05, 0.1) is 16.0 Å². The fraction of sp³-hybridized carbons (Fsp3) is 0.688. The molecule has 1 aliphatic heterocycles. The number of rotatable bonds is 2. The van der Waals surface area contributed by atoms with E-state index in [0.717, 1.165) is 24.2 Å². The van der Waals surface area contributed by atoms with Crippen molar-refractivity contribution in [2.75, 3.05) is 13.1 Å². The highest BCUT2D eigenvalue weighted by atomic mass is 32.2. The van der Waals surface area contributed by atoms with Gasteiger partial charge in [-0.15, -0.1) is 0 Å². The summed E-state index contributed by atoms with van der Waals surface area (Å²) in [5.74, 6) is 0. The third-order valence-corrected chi connectivity index (χ3v) is 5.01. The zero-order chi connectivity index (χ0) is 17.2. The van der Waals surface area contributed by atoms with E-state index in [0.29, 0.717) is 18.2 Å². The Labute approximate surface area is 140 Å². The second-order valence-corrected chi connectivity index (χ2v) is 8.55. The number of carbonyl (C=O) groups is 1. The molecule has 0 aromatic carbocycles. The van der Waals surface area contributed by atoms with Crippen molar-refractivity contribution in [1.29, 1.82) is 0 Å². The van der Waals surface area contributed by atoms with Crippen molar-refractivity contribution >= 4 is 16.9 Å². The predicted octanol–water partition coefficient (Wildman–Crippen LogP) is 2.60. The smallest absolute Gasteiger partial charge is 0.410 e. The van der Waals surface area contributed by atoms with Gasteiger partial charge in [-0.25, -0.2) is 14.8 Å². The van der Waals surface area contributed by atoms with Crippen LogP contribution in [0.25, 0.3) is 0 Å². The number of likely N-dealkylation sites (tertiary alicyclic amines) is 1. The number of hydrogen-bond donors (Lipinski definition) is 0. The number of amides is 1. The molecule has 0 radical (unpaired) electrons. The number of piperidine rings is 1. The SMILES string of the molecule is Cc1cc(C)nc([S@@](=O)[C@H]2CCCN(C(=O)OC(C)(C)C)C2)n1. The average molecular weight is 339 g/mol. The molecule has 0 saturated carbocycles. The van der Waals surface area contributed by atoms with Crippen molar-refractivity contribution in [2.24, 2.45) is 0 Å². The number of ether oxygens (including phenoxy) is 1. The fourth-order valence-electron chi connectivity index (χ4n) is 2.54. The van der Waals surface area contributed by atoms with Crippen LogP contribution in [-0.2, 0) is 15.5 Å². The Bertz CT molecular complexity index is 593. The molecule has 1 aromatic rings. The van der Waals surface area contributed by atoms with Gasteiger partial charge in [-0.2, -0.15) is 0 Å². The summed E-state index contributed by atoms with van der Waals surface area (Å²) in [7, 11) is -1.32. The molecule has 1 fully saturated rings. The van der Waals surface area contributed by atoms with Gasteiger partial charge in [0.25, 0.3) is 0 Å². The van der Waals surface area contributed by atoms with Crippen molar-refractivity contribution in [3.05, 3.63) is 17.5 Å². The third kappa shape index (κ3) is 4.99. The quantitative estimate of drug-likeness (QED) is 0.775. The molecular formula is C16H25N3O3S. The van der Waals surface area contributed by atoms with Gasteiger partial charge in [0.2, 0.25) is 5.16 Å². The lowest BCUT2D eigenvalue weighted by Crippen LogP contribution is -2.46. The highest BCUT2D eigenvalue weighted by molar-refractivity contribution is 7.85. The summed E-state index contributed by atoms with van der Waals surface area (Å²) >= 11 is 0. The molecule has 1 amide bonds. The molecule has 1 aliphatic rings. The van der Waals surface area contributed by atoms with Crippen LogP contribution in [0.5, 0.6) is 0 Å². The molecule has 0 unspecified atom stereocenters. The molecule has 0 spiro atoms. The molecule has 7 heteroatoms. The van der Waals surface area contributed by atoms with Crippen LogP contribution in [0.1, 0.15) is 45.0 Å². The van der Waals surface area contributed by atoms with Crippen molar-refractivity contribution in [3.63, 3.8) is 0 Å².